The summed E-state index contributed by atoms with van der Waals surface area (Å²) in [7, 11) is 1.81. The number of nitrogens with zero attached hydrogens (tertiary/aromatic N) is 3. The Labute approximate surface area is 124 Å². The van der Waals surface area contributed by atoms with Crippen LogP contribution in [0.3, 0.4) is 0 Å². The summed E-state index contributed by atoms with van der Waals surface area (Å²) in [6, 6.07) is 6.04. The number of fused-ring (bicyclic) bond motifs is 1. The van der Waals surface area contributed by atoms with Crippen molar-refractivity contribution in [2.24, 2.45) is 5.92 Å². The topological polar surface area (TPSA) is 81.0 Å². The standard InChI is InChI=1S/C15H19N5O/c1-20(9-14-12-3-2-4-13(12)18-19-14)15(21)10-5-6-11(7-16)17-8-10/h5-6,8,12-14,18-19H,2-4,9H2,1H3. The first-order valence-electron chi connectivity index (χ1n) is 7.31. The molecule has 2 fully saturated rings. The van der Waals surface area contributed by atoms with Crippen molar-refractivity contribution in [1.29, 1.82) is 5.26 Å². The van der Waals surface area contributed by atoms with E-state index in [-0.39, 0.29) is 5.91 Å². The van der Waals surface area contributed by atoms with Crippen molar-refractivity contribution in [3.8, 4) is 6.07 Å². The molecule has 1 aliphatic heterocycles. The van der Waals surface area contributed by atoms with Gasteiger partial charge in [0.2, 0.25) is 0 Å². The highest BCUT2D eigenvalue weighted by Gasteiger charge is 2.39. The maximum absolute atomic E-state index is 12.4. The number of pyridine rings is 1. The summed E-state index contributed by atoms with van der Waals surface area (Å²) in [6.07, 6.45) is 5.16. The van der Waals surface area contributed by atoms with E-state index in [1.54, 1.807) is 17.0 Å². The van der Waals surface area contributed by atoms with E-state index >= 15 is 0 Å². The van der Waals surface area contributed by atoms with Gasteiger partial charge in [-0.25, -0.2) is 4.98 Å². The van der Waals surface area contributed by atoms with Crippen molar-refractivity contribution in [3.05, 3.63) is 29.6 Å². The van der Waals surface area contributed by atoms with E-state index < -0.39 is 0 Å². The Balaban J connectivity index is 1.63. The van der Waals surface area contributed by atoms with Gasteiger partial charge in [0, 0.05) is 31.9 Å². The average Bonchev–Trinajstić information content (AvgIpc) is 3.11. The second-order valence-corrected chi connectivity index (χ2v) is 5.83. The molecule has 0 spiro atoms. The van der Waals surface area contributed by atoms with Gasteiger partial charge in [-0.15, -0.1) is 0 Å². The lowest BCUT2D eigenvalue weighted by atomic mass is 9.97. The summed E-state index contributed by atoms with van der Waals surface area (Å²) in [6.45, 7) is 0.674. The van der Waals surface area contributed by atoms with Crippen molar-refractivity contribution in [3.63, 3.8) is 0 Å². The van der Waals surface area contributed by atoms with Crippen molar-refractivity contribution in [1.82, 2.24) is 20.7 Å². The van der Waals surface area contributed by atoms with E-state index in [2.05, 4.69) is 15.8 Å². The number of hydrogen-bond acceptors (Lipinski definition) is 5. The molecule has 3 unspecified atom stereocenters. The summed E-state index contributed by atoms with van der Waals surface area (Å²) in [5.74, 6) is 0.551. The van der Waals surface area contributed by atoms with E-state index in [9.17, 15) is 4.79 Å². The normalized spacial score (nSPS) is 27.1. The minimum Gasteiger partial charge on any atom is -0.340 e. The van der Waals surface area contributed by atoms with Crippen molar-refractivity contribution < 1.29 is 4.79 Å². The summed E-state index contributed by atoms with van der Waals surface area (Å²) < 4.78 is 0. The summed E-state index contributed by atoms with van der Waals surface area (Å²) in [4.78, 5) is 18.1. The minimum atomic E-state index is -0.0600. The Kier molecular flexibility index (Phi) is 3.86. The fraction of sp³-hybridized carbons (Fsp3) is 0.533. The molecule has 21 heavy (non-hydrogen) atoms. The molecule has 6 nitrogen and oxygen atoms in total. The molecule has 0 radical (unpaired) electrons. The zero-order valence-electron chi connectivity index (χ0n) is 12.0. The molecular weight excluding hydrogens is 266 g/mol. The third-order valence-corrected chi connectivity index (χ3v) is 4.48. The Hall–Kier alpha value is -1.97. The SMILES string of the molecule is CN(CC1NNC2CCCC21)C(=O)c1ccc(C#N)nc1. The number of carbonyl (C=O) groups excluding carboxylic acids is 1. The third-order valence-electron chi connectivity index (χ3n) is 4.48. The highest BCUT2D eigenvalue weighted by molar-refractivity contribution is 5.93. The van der Waals surface area contributed by atoms with Gasteiger partial charge in [-0.3, -0.25) is 15.6 Å². The Morgan fingerprint density at radius 3 is 3.05 bits per heavy atom. The molecule has 1 aromatic rings. The van der Waals surface area contributed by atoms with Gasteiger partial charge in [0.1, 0.15) is 11.8 Å². The Bertz CT molecular complexity index is 564. The number of likely N-dealkylation sites (N-methyl/N-ethyl adjacent to an activating group) is 1. The second kappa shape index (κ2) is 5.80. The molecule has 3 rings (SSSR count). The molecule has 1 amide bonds. The first-order valence-corrected chi connectivity index (χ1v) is 7.31. The van der Waals surface area contributed by atoms with Crippen LogP contribution in [-0.2, 0) is 0 Å². The lowest BCUT2D eigenvalue weighted by molar-refractivity contribution is 0.0775. The molecule has 2 aliphatic rings. The van der Waals surface area contributed by atoms with Crippen molar-refractivity contribution >= 4 is 5.91 Å². The average molecular weight is 285 g/mol. The number of hydrazine groups is 1. The predicted molar refractivity (Wildman–Crippen MR) is 77.1 cm³/mol. The molecular formula is C15H19N5O. The van der Waals surface area contributed by atoms with E-state index in [1.165, 1.54) is 25.5 Å². The molecule has 1 aliphatic carbocycles. The fourth-order valence-corrected chi connectivity index (χ4v) is 3.34. The van der Waals surface area contributed by atoms with Gasteiger partial charge in [0.15, 0.2) is 0 Å². The third kappa shape index (κ3) is 2.75. The van der Waals surface area contributed by atoms with Crippen LogP contribution in [0.2, 0.25) is 0 Å². The van der Waals surface area contributed by atoms with Gasteiger partial charge in [-0.1, -0.05) is 6.42 Å². The van der Waals surface area contributed by atoms with Crippen LogP contribution in [-0.4, -0.2) is 41.5 Å². The smallest absolute Gasteiger partial charge is 0.255 e. The molecule has 2 heterocycles. The molecule has 1 saturated heterocycles. The van der Waals surface area contributed by atoms with Gasteiger partial charge >= 0.3 is 0 Å². The van der Waals surface area contributed by atoms with Gasteiger partial charge in [-0.2, -0.15) is 5.26 Å². The van der Waals surface area contributed by atoms with Crippen LogP contribution in [0, 0.1) is 17.2 Å². The van der Waals surface area contributed by atoms with Crippen LogP contribution in [0.4, 0.5) is 0 Å². The van der Waals surface area contributed by atoms with Crippen LogP contribution in [0.5, 0.6) is 0 Å². The Morgan fingerprint density at radius 2 is 2.33 bits per heavy atom. The van der Waals surface area contributed by atoms with Gasteiger partial charge in [-0.05, 0) is 30.9 Å². The molecule has 1 aromatic heterocycles. The van der Waals surface area contributed by atoms with E-state index in [1.807, 2.05) is 13.1 Å². The fourth-order valence-electron chi connectivity index (χ4n) is 3.34. The maximum Gasteiger partial charge on any atom is 0.255 e. The quantitative estimate of drug-likeness (QED) is 0.853. The van der Waals surface area contributed by atoms with Crippen LogP contribution < -0.4 is 10.9 Å². The molecule has 1 saturated carbocycles. The van der Waals surface area contributed by atoms with Crippen LogP contribution in [0.25, 0.3) is 0 Å². The number of nitriles is 1. The van der Waals surface area contributed by atoms with Gasteiger partial charge in [0.25, 0.3) is 5.91 Å². The molecule has 6 heteroatoms. The van der Waals surface area contributed by atoms with Crippen LogP contribution in [0.15, 0.2) is 18.3 Å². The number of hydrogen-bond donors (Lipinski definition) is 2. The largest absolute Gasteiger partial charge is 0.340 e. The molecule has 0 bridgehead atoms. The molecule has 110 valence electrons. The monoisotopic (exact) mass is 285 g/mol. The predicted octanol–water partition coefficient (Wildman–Crippen LogP) is 0.670. The lowest BCUT2D eigenvalue weighted by Crippen LogP contribution is -2.43. The van der Waals surface area contributed by atoms with E-state index in [4.69, 9.17) is 5.26 Å². The van der Waals surface area contributed by atoms with Crippen molar-refractivity contribution in [2.45, 2.75) is 31.3 Å². The molecule has 0 aromatic carbocycles. The van der Waals surface area contributed by atoms with E-state index in [0.29, 0.717) is 35.8 Å². The highest BCUT2D eigenvalue weighted by Crippen LogP contribution is 2.31. The number of amides is 1. The summed E-state index contributed by atoms with van der Waals surface area (Å²) >= 11 is 0. The van der Waals surface area contributed by atoms with Crippen LogP contribution >= 0.6 is 0 Å². The Morgan fingerprint density at radius 1 is 1.48 bits per heavy atom. The second-order valence-electron chi connectivity index (χ2n) is 5.83. The minimum absolute atomic E-state index is 0.0600. The number of nitrogens with one attached hydrogen (secondary N) is 2. The molecule has 3 atom stereocenters. The first kappa shape index (κ1) is 14.0. The number of aromatic nitrogens is 1. The van der Waals surface area contributed by atoms with Gasteiger partial charge < -0.3 is 4.90 Å². The van der Waals surface area contributed by atoms with Gasteiger partial charge in [0.05, 0.1) is 5.56 Å². The lowest BCUT2D eigenvalue weighted by Gasteiger charge is -2.24. The molecule has 2 N–H and O–H groups in total. The van der Waals surface area contributed by atoms with Crippen molar-refractivity contribution in [2.75, 3.05) is 13.6 Å². The zero-order chi connectivity index (χ0) is 14.8. The highest BCUT2D eigenvalue weighted by atomic mass is 16.2. The van der Waals surface area contributed by atoms with E-state index in [0.717, 1.165) is 0 Å². The zero-order valence-corrected chi connectivity index (χ0v) is 12.0. The first-order chi connectivity index (χ1) is 10.2. The summed E-state index contributed by atoms with van der Waals surface area (Å²) in [5.41, 5.74) is 7.49. The maximum atomic E-state index is 12.4. The number of rotatable bonds is 3. The summed E-state index contributed by atoms with van der Waals surface area (Å²) in [5, 5.41) is 8.73. The number of carbonyl (C=O) groups is 1. The van der Waals surface area contributed by atoms with Crippen LogP contribution in [0.1, 0.15) is 35.3 Å².